The molecule has 9 aromatic rings. The van der Waals surface area contributed by atoms with E-state index in [1.54, 1.807) is 0 Å². The third kappa shape index (κ3) is 4.08. The van der Waals surface area contributed by atoms with Gasteiger partial charge in [-0.2, -0.15) is 0 Å². The number of nitrogens with one attached hydrogen (secondary N) is 1. The van der Waals surface area contributed by atoms with Crippen molar-refractivity contribution in [2.45, 2.75) is 6.04 Å². The average Bonchev–Trinajstić information content (AvgIpc) is 3.53. The minimum atomic E-state index is 0.0869. The van der Waals surface area contributed by atoms with Crippen molar-refractivity contribution >= 4 is 66.3 Å². The van der Waals surface area contributed by atoms with E-state index >= 15 is 0 Å². The highest BCUT2D eigenvalue weighted by molar-refractivity contribution is 6.28. The Hall–Kier alpha value is -6.26. The van der Waals surface area contributed by atoms with Crippen molar-refractivity contribution in [2.75, 3.05) is 5.32 Å². The fourth-order valence-corrected chi connectivity index (χ4v) is 7.20. The van der Waals surface area contributed by atoms with E-state index in [9.17, 15) is 0 Å². The van der Waals surface area contributed by atoms with Gasteiger partial charge in [0, 0.05) is 43.4 Å². The van der Waals surface area contributed by atoms with Gasteiger partial charge in [0.25, 0.3) is 0 Å². The van der Waals surface area contributed by atoms with E-state index in [2.05, 4.69) is 139 Å². The van der Waals surface area contributed by atoms with Crippen molar-refractivity contribution in [1.29, 1.82) is 0 Å². The molecule has 0 amide bonds. The van der Waals surface area contributed by atoms with E-state index in [4.69, 9.17) is 14.4 Å². The monoisotopic (exact) mass is 601 g/mol. The third-order valence-electron chi connectivity index (χ3n) is 9.46. The van der Waals surface area contributed by atoms with Gasteiger partial charge in [-0.1, -0.05) is 115 Å². The van der Waals surface area contributed by atoms with E-state index in [-0.39, 0.29) is 6.04 Å². The van der Waals surface area contributed by atoms with Crippen LogP contribution in [0.3, 0.4) is 0 Å². The average molecular weight is 602 g/mol. The van der Waals surface area contributed by atoms with Gasteiger partial charge in [-0.3, -0.25) is 0 Å². The van der Waals surface area contributed by atoms with Crippen molar-refractivity contribution < 1.29 is 4.42 Å². The maximum Gasteiger partial charge on any atom is 0.136 e. The highest BCUT2D eigenvalue weighted by Crippen LogP contribution is 2.42. The molecule has 1 aliphatic heterocycles. The highest BCUT2D eigenvalue weighted by Gasteiger charge is 2.20. The zero-order valence-corrected chi connectivity index (χ0v) is 25.3. The molecule has 1 atom stereocenters. The Labute approximate surface area is 270 Å². The summed E-state index contributed by atoms with van der Waals surface area (Å²) in [6, 6.07) is 48.8. The number of para-hydroxylation sites is 1. The van der Waals surface area contributed by atoms with Crippen molar-refractivity contribution in [3.63, 3.8) is 0 Å². The van der Waals surface area contributed by atoms with Gasteiger partial charge < -0.3 is 9.73 Å². The third-order valence-corrected chi connectivity index (χ3v) is 9.46. The van der Waals surface area contributed by atoms with Gasteiger partial charge in [-0.25, -0.2) is 9.97 Å². The lowest BCUT2D eigenvalue weighted by atomic mass is 9.94. The SMILES string of the molecule is C1=CC(c2ccccc2)Nc2c1ccc1ccc(-c3ccc4nc(-c5ccccc5)c5ccc6oc7ccccc7c6c5c4c3)nc21. The van der Waals surface area contributed by atoms with Gasteiger partial charge in [0.2, 0.25) is 0 Å². The summed E-state index contributed by atoms with van der Waals surface area (Å²) in [5.74, 6) is 0. The second-order valence-electron chi connectivity index (χ2n) is 12.2. The lowest BCUT2D eigenvalue weighted by Gasteiger charge is -2.24. The number of hydrogen-bond donors (Lipinski definition) is 1. The van der Waals surface area contributed by atoms with Crippen LogP contribution in [0.4, 0.5) is 5.69 Å². The summed E-state index contributed by atoms with van der Waals surface area (Å²) in [5.41, 5.74) is 11.1. The van der Waals surface area contributed by atoms with E-state index in [0.29, 0.717) is 0 Å². The summed E-state index contributed by atoms with van der Waals surface area (Å²) in [4.78, 5) is 10.6. The number of pyridine rings is 2. The standard InChI is InChI=1S/C43H27N3O/c1-3-9-26(10-4-1)34-21-17-28-15-16-29-18-22-35(45-43(29)42(28)44-34)30-19-23-36-33(25-30)39-32(41(46-36)27-11-5-2-6-12-27)20-24-38-40(39)31-13-7-8-14-37(31)47-38/h1-25,34,44H. The molecule has 4 heterocycles. The number of hydrogen-bond acceptors (Lipinski definition) is 4. The molecule has 0 fully saturated rings. The Bertz CT molecular complexity index is 2710. The van der Waals surface area contributed by atoms with Crippen LogP contribution >= 0.6 is 0 Å². The van der Waals surface area contributed by atoms with Gasteiger partial charge in [0.15, 0.2) is 0 Å². The van der Waals surface area contributed by atoms with Crippen LogP contribution in [0.5, 0.6) is 0 Å². The first-order chi connectivity index (χ1) is 23.3. The summed E-state index contributed by atoms with van der Waals surface area (Å²) in [5, 5.41) is 10.4. The molecule has 47 heavy (non-hydrogen) atoms. The first-order valence-corrected chi connectivity index (χ1v) is 16.0. The van der Waals surface area contributed by atoms with Gasteiger partial charge in [-0.15, -0.1) is 0 Å². The Kier molecular flexibility index (Phi) is 5.60. The van der Waals surface area contributed by atoms with Crippen molar-refractivity contribution in [3.05, 3.63) is 157 Å². The minimum absolute atomic E-state index is 0.0869. The summed E-state index contributed by atoms with van der Waals surface area (Å²) in [6.07, 6.45) is 4.43. The molecule has 10 rings (SSSR count). The van der Waals surface area contributed by atoms with Crippen LogP contribution in [-0.4, -0.2) is 9.97 Å². The molecule has 1 aliphatic rings. The molecule has 220 valence electrons. The Morgan fingerprint density at radius 2 is 1.38 bits per heavy atom. The second kappa shape index (κ2) is 10.1. The quantitative estimate of drug-likeness (QED) is 0.205. The predicted molar refractivity (Wildman–Crippen MR) is 195 cm³/mol. The summed E-state index contributed by atoms with van der Waals surface area (Å²) < 4.78 is 6.37. The molecule has 0 saturated carbocycles. The Balaban J connectivity index is 1.21. The molecule has 1 unspecified atom stereocenters. The topological polar surface area (TPSA) is 51.0 Å². The zero-order valence-electron chi connectivity index (χ0n) is 25.3. The minimum Gasteiger partial charge on any atom is -0.456 e. The normalized spacial score (nSPS) is 14.3. The molecular weight excluding hydrogens is 574 g/mol. The smallest absolute Gasteiger partial charge is 0.136 e. The van der Waals surface area contributed by atoms with Crippen LogP contribution < -0.4 is 5.32 Å². The number of fused-ring (bicyclic) bond motifs is 10. The van der Waals surface area contributed by atoms with E-state index < -0.39 is 0 Å². The number of benzene rings is 6. The predicted octanol–water partition coefficient (Wildman–Crippen LogP) is 11.3. The Morgan fingerprint density at radius 3 is 2.28 bits per heavy atom. The molecule has 6 aromatic carbocycles. The molecular formula is C43H27N3O. The molecule has 0 spiro atoms. The Morgan fingerprint density at radius 1 is 0.574 bits per heavy atom. The summed E-state index contributed by atoms with van der Waals surface area (Å²) in [6.45, 7) is 0. The number of aromatic nitrogens is 2. The van der Waals surface area contributed by atoms with E-state index in [0.717, 1.165) is 88.3 Å². The molecule has 1 N–H and O–H groups in total. The highest BCUT2D eigenvalue weighted by atomic mass is 16.3. The van der Waals surface area contributed by atoms with Gasteiger partial charge in [0.1, 0.15) is 11.2 Å². The molecule has 4 nitrogen and oxygen atoms in total. The van der Waals surface area contributed by atoms with Gasteiger partial charge >= 0.3 is 0 Å². The molecule has 0 saturated heterocycles. The number of anilines is 1. The molecule has 4 heteroatoms. The largest absolute Gasteiger partial charge is 0.456 e. The molecule has 0 radical (unpaired) electrons. The molecule has 0 aliphatic carbocycles. The number of nitrogens with zero attached hydrogens (tertiary/aromatic N) is 2. The fraction of sp³-hybridized carbons (Fsp3) is 0.0233. The summed E-state index contributed by atoms with van der Waals surface area (Å²) in [7, 11) is 0. The summed E-state index contributed by atoms with van der Waals surface area (Å²) >= 11 is 0. The van der Waals surface area contributed by atoms with Crippen LogP contribution in [0, 0.1) is 0 Å². The van der Waals surface area contributed by atoms with Crippen molar-refractivity contribution in [1.82, 2.24) is 9.97 Å². The number of rotatable bonds is 3. The maximum absolute atomic E-state index is 6.37. The zero-order chi connectivity index (χ0) is 30.9. The van der Waals surface area contributed by atoms with Crippen LogP contribution in [-0.2, 0) is 0 Å². The fourth-order valence-electron chi connectivity index (χ4n) is 7.20. The van der Waals surface area contributed by atoms with Crippen molar-refractivity contribution in [2.24, 2.45) is 0 Å². The molecule has 0 bridgehead atoms. The lowest BCUT2D eigenvalue weighted by Crippen LogP contribution is -2.12. The van der Waals surface area contributed by atoms with Crippen LogP contribution in [0.25, 0.3) is 83.1 Å². The number of furan rings is 1. The first-order valence-electron chi connectivity index (χ1n) is 16.0. The van der Waals surface area contributed by atoms with E-state index in [1.165, 1.54) is 5.56 Å². The van der Waals surface area contributed by atoms with Crippen LogP contribution in [0.15, 0.2) is 150 Å². The van der Waals surface area contributed by atoms with E-state index in [1.807, 2.05) is 18.2 Å². The van der Waals surface area contributed by atoms with Crippen LogP contribution in [0.2, 0.25) is 0 Å². The van der Waals surface area contributed by atoms with Crippen LogP contribution in [0.1, 0.15) is 17.2 Å². The lowest BCUT2D eigenvalue weighted by molar-refractivity contribution is 0.669. The molecule has 3 aromatic heterocycles. The maximum atomic E-state index is 6.37. The van der Waals surface area contributed by atoms with Crippen molar-refractivity contribution in [3.8, 4) is 22.5 Å². The van der Waals surface area contributed by atoms with Gasteiger partial charge in [-0.05, 0) is 47.5 Å². The second-order valence-corrected chi connectivity index (χ2v) is 12.2. The van der Waals surface area contributed by atoms with Gasteiger partial charge in [0.05, 0.1) is 34.2 Å². The first kappa shape index (κ1) is 26.0.